The van der Waals surface area contributed by atoms with Crippen LogP contribution >= 0.6 is 0 Å². The third-order valence-electron chi connectivity index (χ3n) is 3.91. The first-order valence-corrected chi connectivity index (χ1v) is 8.92. The summed E-state index contributed by atoms with van der Waals surface area (Å²) in [7, 11) is 1.38. The van der Waals surface area contributed by atoms with Crippen LogP contribution in [0.5, 0.6) is 5.75 Å². The van der Waals surface area contributed by atoms with Crippen LogP contribution in [0.1, 0.15) is 30.5 Å². The van der Waals surface area contributed by atoms with Crippen LogP contribution in [0, 0.1) is 5.82 Å². The first-order chi connectivity index (χ1) is 13.8. The van der Waals surface area contributed by atoms with Gasteiger partial charge in [0.05, 0.1) is 7.11 Å². The number of carbonyl (C=O) groups is 2. The van der Waals surface area contributed by atoms with Crippen molar-refractivity contribution in [1.29, 1.82) is 0 Å². The SMILES string of the molecule is COc1ccc(C(=Cc2ccc(/C=C/C(=O)NO)cc2)C(=O)NC(C)C)cc1F. The van der Waals surface area contributed by atoms with Crippen LogP contribution in [0.15, 0.2) is 48.5 Å². The second-order valence-electron chi connectivity index (χ2n) is 6.51. The smallest absolute Gasteiger partial charge is 0.267 e. The number of halogens is 1. The number of amides is 2. The van der Waals surface area contributed by atoms with E-state index >= 15 is 0 Å². The summed E-state index contributed by atoms with van der Waals surface area (Å²) in [6, 6.07) is 11.3. The fourth-order valence-corrected chi connectivity index (χ4v) is 2.53. The average molecular weight is 398 g/mol. The molecule has 0 aromatic heterocycles. The Labute approximate surface area is 168 Å². The Hall–Kier alpha value is -3.45. The summed E-state index contributed by atoms with van der Waals surface area (Å²) in [6.45, 7) is 3.68. The lowest BCUT2D eigenvalue weighted by molar-refractivity contribution is -0.124. The van der Waals surface area contributed by atoms with Gasteiger partial charge in [-0.05, 0) is 54.8 Å². The van der Waals surface area contributed by atoms with E-state index in [0.29, 0.717) is 11.1 Å². The van der Waals surface area contributed by atoms with E-state index in [2.05, 4.69) is 5.32 Å². The van der Waals surface area contributed by atoms with Crippen molar-refractivity contribution in [3.8, 4) is 5.75 Å². The van der Waals surface area contributed by atoms with Gasteiger partial charge in [-0.3, -0.25) is 14.8 Å². The molecule has 0 atom stereocenters. The summed E-state index contributed by atoms with van der Waals surface area (Å²) < 4.78 is 19.1. The average Bonchev–Trinajstić information content (AvgIpc) is 2.70. The van der Waals surface area contributed by atoms with Crippen LogP contribution in [0.3, 0.4) is 0 Å². The Bertz CT molecular complexity index is 934. The van der Waals surface area contributed by atoms with Crippen molar-refractivity contribution in [1.82, 2.24) is 10.8 Å². The van der Waals surface area contributed by atoms with Crippen LogP contribution in [-0.2, 0) is 9.59 Å². The summed E-state index contributed by atoms with van der Waals surface area (Å²) in [5.74, 6) is -1.42. The van der Waals surface area contributed by atoms with Crippen molar-refractivity contribution in [2.45, 2.75) is 19.9 Å². The number of ether oxygens (including phenoxy) is 1. The molecule has 29 heavy (non-hydrogen) atoms. The zero-order valence-electron chi connectivity index (χ0n) is 16.4. The molecule has 2 aromatic rings. The van der Waals surface area contributed by atoms with E-state index in [4.69, 9.17) is 9.94 Å². The van der Waals surface area contributed by atoms with Crippen molar-refractivity contribution >= 4 is 29.5 Å². The number of nitrogens with one attached hydrogen (secondary N) is 2. The second-order valence-corrected chi connectivity index (χ2v) is 6.51. The van der Waals surface area contributed by atoms with Gasteiger partial charge in [-0.15, -0.1) is 0 Å². The molecule has 0 spiro atoms. The van der Waals surface area contributed by atoms with E-state index in [0.717, 1.165) is 11.1 Å². The van der Waals surface area contributed by atoms with Gasteiger partial charge in [-0.1, -0.05) is 30.3 Å². The molecular formula is C22H23FN2O4. The molecule has 7 heteroatoms. The number of methoxy groups -OCH3 is 1. The molecule has 0 heterocycles. The van der Waals surface area contributed by atoms with E-state index in [9.17, 15) is 14.0 Å². The molecule has 0 fully saturated rings. The summed E-state index contributed by atoms with van der Waals surface area (Å²) in [6.07, 6.45) is 4.38. The number of hydrogen-bond donors (Lipinski definition) is 3. The zero-order valence-corrected chi connectivity index (χ0v) is 16.4. The second kappa shape index (κ2) is 10.2. The highest BCUT2D eigenvalue weighted by Gasteiger charge is 2.15. The Morgan fingerprint density at radius 3 is 2.31 bits per heavy atom. The highest BCUT2D eigenvalue weighted by molar-refractivity contribution is 6.24. The summed E-state index contributed by atoms with van der Waals surface area (Å²) in [5.41, 5.74) is 3.69. The van der Waals surface area contributed by atoms with Crippen molar-refractivity contribution in [2.24, 2.45) is 0 Å². The molecule has 0 radical (unpaired) electrons. The maximum Gasteiger partial charge on any atom is 0.267 e. The highest BCUT2D eigenvalue weighted by atomic mass is 19.1. The molecule has 2 rings (SSSR count). The minimum atomic E-state index is -0.636. The Kier molecular flexibility index (Phi) is 7.68. The summed E-state index contributed by atoms with van der Waals surface area (Å²) in [5, 5.41) is 11.3. The van der Waals surface area contributed by atoms with Crippen LogP contribution in [0.25, 0.3) is 17.7 Å². The Morgan fingerprint density at radius 2 is 1.76 bits per heavy atom. The number of hydrogen-bond acceptors (Lipinski definition) is 4. The highest BCUT2D eigenvalue weighted by Crippen LogP contribution is 2.25. The fourth-order valence-electron chi connectivity index (χ4n) is 2.53. The Balaban J connectivity index is 2.39. The molecule has 3 N–H and O–H groups in total. The van der Waals surface area contributed by atoms with E-state index < -0.39 is 11.7 Å². The molecule has 0 aliphatic heterocycles. The predicted octanol–water partition coefficient (Wildman–Crippen LogP) is 3.42. The number of carbonyl (C=O) groups excluding carboxylic acids is 2. The fraction of sp³-hybridized carbons (Fsp3) is 0.182. The van der Waals surface area contributed by atoms with E-state index in [1.165, 1.54) is 36.9 Å². The van der Waals surface area contributed by atoms with E-state index in [1.807, 2.05) is 13.8 Å². The molecule has 0 aliphatic rings. The topological polar surface area (TPSA) is 87.7 Å². The van der Waals surface area contributed by atoms with Gasteiger partial charge < -0.3 is 10.1 Å². The third kappa shape index (κ3) is 6.29. The Morgan fingerprint density at radius 1 is 1.10 bits per heavy atom. The number of hydroxylamine groups is 1. The molecule has 152 valence electrons. The molecule has 2 amide bonds. The first-order valence-electron chi connectivity index (χ1n) is 8.92. The zero-order chi connectivity index (χ0) is 21.4. The lowest BCUT2D eigenvalue weighted by atomic mass is 10.0. The quantitative estimate of drug-likeness (QED) is 0.289. The molecule has 0 saturated heterocycles. The van der Waals surface area contributed by atoms with E-state index in [1.54, 1.807) is 36.4 Å². The van der Waals surface area contributed by atoms with Gasteiger partial charge in [-0.2, -0.15) is 0 Å². The van der Waals surface area contributed by atoms with Gasteiger partial charge in [0.15, 0.2) is 11.6 Å². The lowest BCUT2D eigenvalue weighted by Crippen LogP contribution is -2.30. The lowest BCUT2D eigenvalue weighted by Gasteiger charge is -2.13. The van der Waals surface area contributed by atoms with Gasteiger partial charge in [0, 0.05) is 17.7 Å². The maximum absolute atomic E-state index is 14.2. The molecule has 0 bridgehead atoms. The summed E-state index contributed by atoms with van der Waals surface area (Å²) in [4.78, 5) is 23.7. The van der Waals surface area contributed by atoms with Crippen LogP contribution in [-0.4, -0.2) is 30.2 Å². The third-order valence-corrected chi connectivity index (χ3v) is 3.91. The van der Waals surface area contributed by atoms with Gasteiger partial charge >= 0.3 is 0 Å². The number of benzene rings is 2. The van der Waals surface area contributed by atoms with Crippen LogP contribution < -0.4 is 15.5 Å². The van der Waals surface area contributed by atoms with Crippen molar-refractivity contribution < 1.29 is 23.9 Å². The van der Waals surface area contributed by atoms with Gasteiger partial charge in [0.2, 0.25) is 0 Å². The summed E-state index contributed by atoms with van der Waals surface area (Å²) >= 11 is 0. The standard InChI is InChI=1S/C22H23FN2O4/c1-14(2)24-22(27)18(17-9-10-20(29-3)19(23)13-17)12-16-6-4-15(5-7-16)8-11-21(26)25-28/h4-14,28H,1-3H3,(H,24,27)(H,25,26)/b11-8+,18-12?. The molecule has 0 saturated carbocycles. The van der Waals surface area contributed by atoms with Gasteiger partial charge in [-0.25, -0.2) is 9.87 Å². The van der Waals surface area contributed by atoms with Crippen LogP contribution in [0.4, 0.5) is 4.39 Å². The molecule has 0 aliphatic carbocycles. The minimum absolute atomic E-state index is 0.0841. The normalized spacial score (nSPS) is 11.6. The van der Waals surface area contributed by atoms with Crippen LogP contribution in [0.2, 0.25) is 0 Å². The first kappa shape index (κ1) is 21.8. The molecule has 6 nitrogen and oxygen atoms in total. The molecular weight excluding hydrogens is 375 g/mol. The molecule has 2 aromatic carbocycles. The molecule has 0 unspecified atom stereocenters. The number of rotatable bonds is 7. The van der Waals surface area contributed by atoms with Gasteiger partial charge in [0.25, 0.3) is 11.8 Å². The van der Waals surface area contributed by atoms with Crippen molar-refractivity contribution in [3.05, 3.63) is 71.0 Å². The minimum Gasteiger partial charge on any atom is -0.494 e. The van der Waals surface area contributed by atoms with E-state index in [-0.39, 0.29) is 17.7 Å². The largest absolute Gasteiger partial charge is 0.494 e. The van der Waals surface area contributed by atoms with Gasteiger partial charge in [0.1, 0.15) is 0 Å². The predicted molar refractivity (Wildman–Crippen MR) is 110 cm³/mol. The monoisotopic (exact) mass is 398 g/mol. The van der Waals surface area contributed by atoms with Crippen molar-refractivity contribution in [2.75, 3.05) is 7.11 Å². The maximum atomic E-state index is 14.2. The van der Waals surface area contributed by atoms with Crippen molar-refractivity contribution in [3.63, 3.8) is 0 Å².